The molecule has 23 heavy (non-hydrogen) atoms. The fraction of sp³-hybridized carbons (Fsp3) is 0.533. The number of methoxy groups -OCH3 is 1. The molecule has 0 spiro atoms. The normalized spacial score (nSPS) is 20.8. The maximum absolute atomic E-state index is 12.5. The summed E-state index contributed by atoms with van der Waals surface area (Å²) in [6.07, 6.45) is 3.98. The number of nitrogens with one attached hydrogen (secondary N) is 2. The Bertz CT molecular complexity index is 670. The van der Waals surface area contributed by atoms with Crippen LogP contribution in [0.25, 0.3) is 0 Å². The number of nitrogens with zero attached hydrogens (tertiary/aromatic N) is 1. The third-order valence-corrected chi connectivity index (χ3v) is 5.45. The van der Waals surface area contributed by atoms with Gasteiger partial charge in [-0.2, -0.15) is 0 Å². The lowest BCUT2D eigenvalue weighted by Gasteiger charge is -2.17. The van der Waals surface area contributed by atoms with Gasteiger partial charge in [0.2, 0.25) is 11.8 Å². The monoisotopic (exact) mass is 337 g/mol. The smallest absolute Gasteiger partial charge is 0.341 e. The highest BCUT2D eigenvalue weighted by molar-refractivity contribution is 7.17. The van der Waals surface area contributed by atoms with Gasteiger partial charge in [0.1, 0.15) is 11.0 Å². The number of hydrogen-bond acceptors (Lipinski definition) is 6. The Morgan fingerprint density at radius 1 is 1.35 bits per heavy atom. The number of amides is 2. The van der Waals surface area contributed by atoms with Gasteiger partial charge in [-0.3, -0.25) is 15.0 Å². The lowest BCUT2D eigenvalue weighted by atomic mass is 9.95. The van der Waals surface area contributed by atoms with E-state index in [9.17, 15) is 14.4 Å². The van der Waals surface area contributed by atoms with Crippen molar-refractivity contribution in [3.8, 4) is 0 Å². The van der Waals surface area contributed by atoms with Crippen LogP contribution < -0.4 is 10.7 Å². The van der Waals surface area contributed by atoms with Gasteiger partial charge in [-0.1, -0.05) is 0 Å². The van der Waals surface area contributed by atoms with Crippen molar-refractivity contribution in [2.75, 3.05) is 19.5 Å². The van der Waals surface area contributed by atoms with Crippen molar-refractivity contribution >= 4 is 34.1 Å². The second-order valence-electron chi connectivity index (χ2n) is 5.76. The van der Waals surface area contributed by atoms with Crippen LogP contribution in [-0.4, -0.2) is 43.0 Å². The van der Waals surface area contributed by atoms with Crippen LogP contribution in [0.2, 0.25) is 0 Å². The molecule has 0 aromatic carbocycles. The molecule has 1 aromatic rings. The summed E-state index contributed by atoms with van der Waals surface area (Å²) in [5.41, 5.74) is 4.05. The summed E-state index contributed by atoms with van der Waals surface area (Å²) in [5.74, 6) is -0.908. The average Bonchev–Trinajstić information content (AvgIpc) is 3.05. The van der Waals surface area contributed by atoms with E-state index < -0.39 is 12.0 Å². The fourth-order valence-corrected chi connectivity index (χ4v) is 4.35. The van der Waals surface area contributed by atoms with Crippen LogP contribution in [0.4, 0.5) is 5.00 Å². The molecule has 8 heteroatoms. The molecule has 2 N–H and O–H groups in total. The molecule has 3 rings (SSSR count). The Balaban J connectivity index is 1.87. The van der Waals surface area contributed by atoms with Crippen molar-refractivity contribution < 1.29 is 19.1 Å². The van der Waals surface area contributed by atoms with Crippen molar-refractivity contribution in [2.24, 2.45) is 0 Å². The first-order chi connectivity index (χ1) is 11.0. The average molecular weight is 337 g/mol. The predicted octanol–water partition coefficient (Wildman–Crippen LogP) is 1.09. The molecule has 0 saturated carbocycles. The summed E-state index contributed by atoms with van der Waals surface area (Å²) in [6.45, 7) is 0. The van der Waals surface area contributed by atoms with E-state index >= 15 is 0 Å². The van der Waals surface area contributed by atoms with E-state index in [4.69, 9.17) is 4.74 Å². The summed E-state index contributed by atoms with van der Waals surface area (Å²) in [4.78, 5) is 37.1. The molecule has 1 aliphatic heterocycles. The number of hydrazine groups is 1. The molecular weight excluding hydrogens is 318 g/mol. The van der Waals surface area contributed by atoms with Crippen LogP contribution in [0.15, 0.2) is 0 Å². The lowest BCUT2D eigenvalue weighted by molar-refractivity contribution is -0.121. The minimum absolute atomic E-state index is 0.112. The molecule has 1 aromatic heterocycles. The predicted molar refractivity (Wildman–Crippen MR) is 85.2 cm³/mol. The molecule has 1 atom stereocenters. The second kappa shape index (κ2) is 6.29. The van der Waals surface area contributed by atoms with E-state index in [1.54, 1.807) is 7.05 Å². The summed E-state index contributed by atoms with van der Waals surface area (Å²) < 4.78 is 4.89. The first-order valence-corrected chi connectivity index (χ1v) is 8.39. The number of anilines is 1. The van der Waals surface area contributed by atoms with Gasteiger partial charge in [0.05, 0.1) is 19.1 Å². The van der Waals surface area contributed by atoms with Gasteiger partial charge in [-0.15, -0.1) is 11.3 Å². The zero-order valence-corrected chi connectivity index (χ0v) is 13.9. The highest BCUT2D eigenvalue weighted by atomic mass is 32.1. The van der Waals surface area contributed by atoms with E-state index in [-0.39, 0.29) is 18.2 Å². The van der Waals surface area contributed by atoms with Gasteiger partial charge in [-0.25, -0.2) is 9.80 Å². The molecule has 2 amide bonds. The van der Waals surface area contributed by atoms with Crippen molar-refractivity contribution in [3.63, 3.8) is 0 Å². The standard InChI is InChI=1S/C15H19N3O4S/c1-18-9(7-11(19)17-18)13(20)16-14-12(15(21)22-2)8-5-3-4-6-10(8)23-14/h9H,3-7H2,1-2H3,(H,16,20)(H,17,19)/t9-/m1/s1. The zero-order chi connectivity index (χ0) is 16.6. The Hall–Kier alpha value is -1.93. The van der Waals surface area contributed by atoms with Crippen molar-refractivity contribution in [3.05, 3.63) is 16.0 Å². The van der Waals surface area contributed by atoms with Gasteiger partial charge in [0.25, 0.3) is 0 Å². The van der Waals surface area contributed by atoms with Gasteiger partial charge >= 0.3 is 5.97 Å². The number of likely N-dealkylation sites (N-methyl/N-ethyl adjacent to an activating group) is 1. The molecule has 0 unspecified atom stereocenters. The van der Waals surface area contributed by atoms with E-state index in [0.29, 0.717) is 10.6 Å². The fourth-order valence-electron chi connectivity index (χ4n) is 3.07. The second-order valence-corrected chi connectivity index (χ2v) is 6.87. The summed E-state index contributed by atoms with van der Waals surface area (Å²) >= 11 is 1.44. The molecular formula is C15H19N3O4S. The van der Waals surface area contributed by atoms with Crippen LogP contribution >= 0.6 is 11.3 Å². The molecule has 124 valence electrons. The quantitative estimate of drug-likeness (QED) is 0.806. The Morgan fingerprint density at radius 2 is 2.09 bits per heavy atom. The zero-order valence-electron chi connectivity index (χ0n) is 13.1. The van der Waals surface area contributed by atoms with Crippen LogP contribution in [0.5, 0.6) is 0 Å². The Labute approximate surface area is 138 Å². The Morgan fingerprint density at radius 3 is 2.74 bits per heavy atom. The molecule has 2 aliphatic rings. The summed E-state index contributed by atoms with van der Waals surface area (Å²) in [6, 6.07) is -0.577. The van der Waals surface area contributed by atoms with Gasteiger partial charge in [-0.05, 0) is 31.2 Å². The number of thiophene rings is 1. The van der Waals surface area contributed by atoms with Crippen LogP contribution in [-0.2, 0) is 27.2 Å². The summed E-state index contributed by atoms with van der Waals surface area (Å²) in [5, 5.41) is 4.84. The van der Waals surface area contributed by atoms with Crippen LogP contribution in [0.1, 0.15) is 40.1 Å². The van der Waals surface area contributed by atoms with Crippen molar-refractivity contribution in [1.29, 1.82) is 0 Å². The number of esters is 1. The molecule has 7 nitrogen and oxygen atoms in total. The number of rotatable bonds is 3. The van der Waals surface area contributed by atoms with E-state index in [0.717, 1.165) is 36.1 Å². The lowest BCUT2D eigenvalue weighted by Crippen LogP contribution is -2.41. The number of hydrogen-bond donors (Lipinski definition) is 2. The van der Waals surface area contributed by atoms with Crippen LogP contribution in [0, 0.1) is 0 Å². The van der Waals surface area contributed by atoms with Gasteiger partial charge in [0, 0.05) is 11.9 Å². The molecule has 1 saturated heterocycles. The molecule has 1 aliphatic carbocycles. The molecule has 1 fully saturated rings. The molecule has 0 bridgehead atoms. The third-order valence-electron chi connectivity index (χ3n) is 4.25. The minimum Gasteiger partial charge on any atom is -0.465 e. The highest BCUT2D eigenvalue weighted by Gasteiger charge is 2.35. The van der Waals surface area contributed by atoms with Gasteiger partial charge < -0.3 is 10.1 Å². The number of ether oxygens (including phenoxy) is 1. The maximum atomic E-state index is 12.5. The molecule has 2 heterocycles. The number of carbonyl (C=O) groups excluding carboxylic acids is 3. The van der Waals surface area contributed by atoms with E-state index in [1.807, 2.05) is 0 Å². The van der Waals surface area contributed by atoms with E-state index in [1.165, 1.54) is 23.5 Å². The maximum Gasteiger partial charge on any atom is 0.341 e. The first kappa shape index (κ1) is 15.9. The van der Waals surface area contributed by atoms with Crippen molar-refractivity contribution in [1.82, 2.24) is 10.4 Å². The van der Waals surface area contributed by atoms with E-state index in [2.05, 4.69) is 10.7 Å². The summed E-state index contributed by atoms with van der Waals surface area (Å²) in [7, 11) is 2.99. The number of aryl methyl sites for hydroxylation is 1. The number of fused-ring (bicyclic) bond motifs is 1. The highest BCUT2D eigenvalue weighted by Crippen LogP contribution is 2.38. The number of carbonyl (C=O) groups is 3. The minimum atomic E-state index is -0.577. The Kier molecular flexibility index (Phi) is 4.36. The van der Waals surface area contributed by atoms with Crippen molar-refractivity contribution in [2.45, 2.75) is 38.1 Å². The largest absolute Gasteiger partial charge is 0.465 e. The third kappa shape index (κ3) is 2.96. The van der Waals surface area contributed by atoms with Gasteiger partial charge in [0.15, 0.2) is 0 Å². The first-order valence-electron chi connectivity index (χ1n) is 7.57. The SMILES string of the molecule is COC(=O)c1c(NC(=O)[C@H]2CC(=O)NN2C)sc2c1CCCC2. The topological polar surface area (TPSA) is 87.7 Å². The molecule has 0 radical (unpaired) electrons. The van der Waals surface area contributed by atoms with Crippen LogP contribution in [0.3, 0.4) is 0 Å².